The van der Waals surface area contributed by atoms with Crippen molar-refractivity contribution in [1.82, 2.24) is 4.98 Å². The van der Waals surface area contributed by atoms with E-state index in [-0.39, 0.29) is 5.78 Å². The summed E-state index contributed by atoms with van der Waals surface area (Å²) in [5.41, 5.74) is 0.871. The van der Waals surface area contributed by atoms with Crippen LogP contribution < -0.4 is 0 Å². The number of hydrogen-bond donors (Lipinski definition) is 0. The van der Waals surface area contributed by atoms with Gasteiger partial charge in [-0.3, -0.25) is 4.79 Å². The van der Waals surface area contributed by atoms with E-state index in [1.165, 1.54) is 6.92 Å². The molecule has 4 heteroatoms. The van der Waals surface area contributed by atoms with Crippen molar-refractivity contribution >= 4 is 45.0 Å². The maximum Gasteiger partial charge on any atom is 0.152 e. The van der Waals surface area contributed by atoms with Crippen LogP contribution in [0.1, 0.15) is 11.8 Å². The van der Waals surface area contributed by atoms with Crippen LogP contribution in [0.25, 0.3) is 16.3 Å². The molecule has 0 bridgehead atoms. The van der Waals surface area contributed by atoms with Crippen molar-refractivity contribution in [3.8, 4) is 0 Å². The molecule has 2 rings (SSSR count). The third kappa shape index (κ3) is 2.43. The third-order valence-electron chi connectivity index (χ3n) is 1.84. The number of allylic oxidation sites excluding steroid dienone is 1. The molecule has 0 fully saturated rings. The first kappa shape index (κ1) is 10.3. The summed E-state index contributed by atoms with van der Waals surface area (Å²) in [6.07, 6.45) is 3.34. The van der Waals surface area contributed by atoms with Gasteiger partial charge in [-0.1, -0.05) is 11.6 Å². The predicted molar refractivity (Wildman–Crippen MR) is 64.3 cm³/mol. The Labute approximate surface area is 96.2 Å². The van der Waals surface area contributed by atoms with E-state index in [1.807, 2.05) is 12.1 Å². The molecule has 76 valence electrons. The summed E-state index contributed by atoms with van der Waals surface area (Å²) in [6.45, 7) is 1.53. The number of ketones is 1. The highest BCUT2D eigenvalue weighted by atomic mass is 35.5. The largest absolute Gasteiger partial charge is 0.295 e. The minimum absolute atomic E-state index is 0.0402. The fourth-order valence-electron chi connectivity index (χ4n) is 1.20. The number of thiophene rings is 1. The van der Waals surface area contributed by atoms with Gasteiger partial charge in [-0.05, 0) is 37.3 Å². The van der Waals surface area contributed by atoms with E-state index < -0.39 is 0 Å². The SMILES string of the molecule is CC(=O)/C=C/c1cc2nc(Cl)ccc2s1. The molecule has 0 atom stereocenters. The Balaban J connectivity index is 2.43. The zero-order valence-corrected chi connectivity index (χ0v) is 9.60. The number of nitrogens with zero attached hydrogens (tertiary/aromatic N) is 1. The van der Waals surface area contributed by atoms with Crippen LogP contribution in [0.3, 0.4) is 0 Å². The molecular formula is C11H8ClNOS. The Morgan fingerprint density at radius 3 is 3.07 bits per heavy atom. The number of fused-ring (bicyclic) bond motifs is 1. The zero-order chi connectivity index (χ0) is 10.8. The van der Waals surface area contributed by atoms with E-state index in [1.54, 1.807) is 29.6 Å². The first-order valence-electron chi connectivity index (χ1n) is 4.40. The lowest BCUT2D eigenvalue weighted by atomic mass is 10.3. The van der Waals surface area contributed by atoms with Crippen LogP contribution in [0.2, 0.25) is 5.15 Å². The molecule has 0 aromatic carbocycles. The van der Waals surface area contributed by atoms with E-state index in [9.17, 15) is 4.79 Å². The van der Waals surface area contributed by atoms with Gasteiger partial charge in [0.2, 0.25) is 0 Å². The van der Waals surface area contributed by atoms with Crippen LogP contribution in [0.4, 0.5) is 0 Å². The van der Waals surface area contributed by atoms with Crippen LogP contribution in [-0.4, -0.2) is 10.8 Å². The van der Waals surface area contributed by atoms with Crippen LogP contribution >= 0.6 is 22.9 Å². The molecule has 0 spiro atoms. The van der Waals surface area contributed by atoms with Gasteiger partial charge in [0.15, 0.2) is 5.78 Å². The van der Waals surface area contributed by atoms with Crippen molar-refractivity contribution in [1.29, 1.82) is 0 Å². The summed E-state index contributed by atoms with van der Waals surface area (Å²) >= 11 is 7.36. The Morgan fingerprint density at radius 2 is 2.33 bits per heavy atom. The van der Waals surface area contributed by atoms with E-state index in [2.05, 4.69) is 4.98 Å². The average Bonchev–Trinajstić information content (AvgIpc) is 2.56. The third-order valence-corrected chi connectivity index (χ3v) is 3.11. The molecular weight excluding hydrogens is 230 g/mol. The molecule has 0 saturated carbocycles. The molecule has 0 saturated heterocycles. The number of carbonyl (C=O) groups excluding carboxylic acids is 1. The number of rotatable bonds is 2. The van der Waals surface area contributed by atoms with Crippen LogP contribution in [-0.2, 0) is 4.79 Å². The first-order valence-corrected chi connectivity index (χ1v) is 5.59. The molecule has 15 heavy (non-hydrogen) atoms. The molecule has 0 unspecified atom stereocenters. The Morgan fingerprint density at radius 1 is 1.53 bits per heavy atom. The smallest absolute Gasteiger partial charge is 0.152 e. The minimum atomic E-state index is 0.0402. The summed E-state index contributed by atoms with van der Waals surface area (Å²) in [7, 11) is 0. The molecule has 0 aliphatic rings. The summed E-state index contributed by atoms with van der Waals surface area (Å²) in [5.74, 6) is 0.0402. The summed E-state index contributed by atoms with van der Waals surface area (Å²) in [6, 6.07) is 5.62. The maximum absolute atomic E-state index is 10.8. The first-order chi connectivity index (χ1) is 7.15. The quantitative estimate of drug-likeness (QED) is 0.591. The second-order valence-corrected chi connectivity index (χ2v) is 4.61. The molecule has 2 aromatic rings. The van der Waals surface area contributed by atoms with Crippen molar-refractivity contribution in [2.75, 3.05) is 0 Å². The summed E-state index contributed by atoms with van der Waals surface area (Å²) in [5, 5.41) is 0.488. The van der Waals surface area contributed by atoms with Gasteiger partial charge in [0.1, 0.15) is 5.15 Å². The van der Waals surface area contributed by atoms with Crippen molar-refractivity contribution in [2.45, 2.75) is 6.92 Å². The summed E-state index contributed by atoms with van der Waals surface area (Å²) < 4.78 is 1.07. The Hall–Kier alpha value is -1.19. The molecule has 2 heterocycles. The number of pyridine rings is 1. The van der Waals surface area contributed by atoms with E-state index in [0.29, 0.717) is 5.15 Å². The van der Waals surface area contributed by atoms with Gasteiger partial charge >= 0.3 is 0 Å². The van der Waals surface area contributed by atoms with Crippen LogP contribution in [0, 0.1) is 0 Å². The van der Waals surface area contributed by atoms with Gasteiger partial charge < -0.3 is 0 Å². The van der Waals surface area contributed by atoms with Gasteiger partial charge in [0, 0.05) is 4.88 Å². The summed E-state index contributed by atoms with van der Waals surface area (Å²) in [4.78, 5) is 16.0. The van der Waals surface area contributed by atoms with Gasteiger partial charge in [-0.2, -0.15) is 0 Å². The minimum Gasteiger partial charge on any atom is -0.295 e. The predicted octanol–water partition coefficient (Wildman–Crippen LogP) is 3.55. The Kier molecular flexibility index (Phi) is 2.84. The lowest BCUT2D eigenvalue weighted by Gasteiger charge is -1.87. The maximum atomic E-state index is 10.8. The molecule has 2 aromatic heterocycles. The highest BCUT2D eigenvalue weighted by Crippen LogP contribution is 2.26. The fourth-order valence-corrected chi connectivity index (χ4v) is 2.26. The second-order valence-electron chi connectivity index (χ2n) is 3.11. The van der Waals surface area contributed by atoms with Crippen LogP contribution in [0.15, 0.2) is 24.3 Å². The van der Waals surface area contributed by atoms with Gasteiger partial charge in [0.05, 0.1) is 10.2 Å². The molecule has 0 aliphatic heterocycles. The molecule has 0 aliphatic carbocycles. The van der Waals surface area contributed by atoms with Crippen molar-refractivity contribution < 1.29 is 4.79 Å². The van der Waals surface area contributed by atoms with Gasteiger partial charge in [0.25, 0.3) is 0 Å². The molecule has 0 amide bonds. The lowest BCUT2D eigenvalue weighted by Crippen LogP contribution is -1.77. The number of carbonyl (C=O) groups is 1. The average molecular weight is 238 g/mol. The second kappa shape index (κ2) is 4.13. The highest BCUT2D eigenvalue weighted by molar-refractivity contribution is 7.19. The molecule has 0 radical (unpaired) electrons. The van der Waals surface area contributed by atoms with E-state index in [4.69, 9.17) is 11.6 Å². The topological polar surface area (TPSA) is 30.0 Å². The van der Waals surface area contributed by atoms with Gasteiger partial charge in [-0.15, -0.1) is 11.3 Å². The zero-order valence-electron chi connectivity index (χ0n) is 8.03. The van der Waals surface area contributed by atoms with E-state index in [0.717, 1.165) is 15.1 Å². The van der Waals surface area contributed by atoms with Crippen molar-refractivity contribution in [3.05, 3.63) is 34.3 Å². The number of aromatic nitrogens is 1. The highest BCUT2D eigenvalue weighted by Gasteiger charge is 2.01. The number of halogens is 1. The number of hydrogen-bond acceptors (Lipinski definition) is 3. The van der Waals surface area contributed by atoms with Crippen molar-refractivity contribution in [3.63, 3.8) is 0 Å². The van der Waals surface area contributed by atoms with E-state index >= 15 is 0 Å². The Bertz CT molecular complexity index is 545. The van der Waals surface area contributed by atoms with Gasteiger partial charge in [-0.25, -0.2) is 4.98 Å². The fraction of sp³-hybridized carbons (Fsp3) is 0.0909. The van der Waals surface area contributed by atoms with Crippen LogP contribution in [0.5, 0.6) is 0 Å². The monoisotopic (exact) mass is 237 g/mol. The normalized spacial score (nSPS) is 11.3. The van der Waals surface area contributed by atoms with Crippen molar-refractivity contribution in [2.24, 2.45) is 0 Å². The molecule has 2 nitrogen and oxygen atoms in total. The lowest BCUT2D eigenvalue weighted by molar-refractivity contribution is -0.112. The molecule has 0 N–H and O–H groups in total. The standard InChI is InChI=1S/C11H8ClNOS/c1-7(14)2-3-8-6-9-10(15-8)4-5-11(12)13-9/h2-6H,1H3/b3-2+.